The van der Waals surface area contributed by atoms with E-state index in [0.29, 0.717) is 27.7 Å². The van der Waals surface area contributed by atoms with Gasteiger partial charge in [-0.25, -0.2) is 9.97 Å². The molecule has 0 aliphatic heterocycles. The minimum absolute atomic E-state index is 0.228. The average Bonchev–Trinajstić information content (AvgIpc) is 2.63. The van der Waals surface area contributed by atoms with Gasteiger partial charge in [0.15, 0.2) is 0 Å². The minimum atomic E-state index is -0.355. The third kappa shape index (κ3) is 4.35. The van der Waals surface area contributed by atoms with Crippen LogP contribution in [0.1, 0.15) is 21.7 Å². The number of rotatable bonds is 4. The fraction of sp³-hybridized carbons (Fsp3) is 0.0526. The van der Waals surface area contributed by atoms with Crippen LogP contribution in [-0.2, 0) is 0 Å². The van der Waals surface area contributed by atoms with Gasteiger partial charge in [-0.1, -0.05) is 17.7 Å². The number of hydrogen-bond acceptors (Lipinski definition) is 5. The molecule has 0 aliphatic carbocycles. The molecular weight excluding hydrogens is 350 g/mol. The summed E-state index contributed by atoms with van der Waals surface area (Å²) in [7, 11) is 0. The van der Waals surface area contributed by atoms with Gasteiger partial charge in [0.1, 0.15) is 5.69 Å². The highest BCUT2D eigenvalue weighted by Gasteiger charge is 2.11. The SMILES string of the molecule is Cc1cc(C(=O)Nc2ccc(Cl)cc2)nc(Nc2cccc(C#N)c2)n1. The van der Waals surface area contributed by atoms with Crippen LogP contribution in [0.2, 0.25) is 5.02 Å². The number of carbonyl (C=O) groups is 1. The molecule has 0 saturated carbocycles. The Bertz CT molecular complexity index is 996. The maximum absolute atomic E-state index is 12.5. The van der Waals surface area contributed by atoms with Crippen molar-refractivity contribution in [2.45, 2.75) is 6.92 Å². The first kappa shape index (κ1) is 17.4. The number of halogens is 1. The lowest BCUT2D eigenvalue weighted by Crippen LogP contribution is -2.15. The molecule has 2 N–H and O–H groups in total. The van der Waals surface area contributed by atoms with Gasteiger partial charge in [0.2, 0.25) is 5.95 Å². The van der Waals surface area contributed by atoms with Crippen molar-refractivity contribution in [1.82, 2.24) is 9.97 Å². The number of nitriles is 1. The van der Waals surface area contributed by atoms with Gasteiger partial charge in [-0.15, -0.1) is 0 Å². The Labute approximate surface area is 155 Å². The summed E-state index contributed by atoms with van der Waals surface area (Å²) in [5.74, 6) is -0.0759. The molecular formula is C19H14ClN5O. The van der Waals surface area contributed by atoms with Gasteiger partial charge < -0.3 is 10.6 Å². The molecule has 6 nitrogen and oxygen atoms in total. The van der Waals surface area contributed by atoms with Crippen LogP contribution in [0.3, 0.4) is 0 Å². The molecule has 0 aliphatic rings. The fourth-order valence-corrected chi connectivity index (χ4v) is 2.39. The van der Waals surface area contributed by atoms with Crippen molar-refractivity contribution >= 4 is 34.8 Å². The van der Waals surface area contributed by atoms with Crippen LogP contribution >= 0.6 is 11.6 Å². The van der Waals surface area contributed by atoms with Crippen LogP contribution < -0.4 is 10.6 Å². The summed E-state index contributed by atoms with van der Waals surface area (Å²) in [5.41, 5.74) is 2.67. The highest BCUT2D eigenvalue weighted by atomic mass is 35.5. The molecule has 0 spiro atoms. The van der Waals surface area contributed by atoms with Crippen molar-refractivity contribution in [2.75, 3.05) is 10.6 Å². The molecule has 0 saturated heterocycles. The van der Waals surface area contributed by atoms with Gasteiger partial charge >= 0.3 is 0 Å². The summed E-state index contributed by atoms with van der Waals surface area (Å²) < 4.78 is 0. The highest BCUT2D eigenvalue weighted by molar-refractivity contribution is 6.30. The smallest absolute Gasteiger partial charge is 0.274 e. The molecule has 1 amide bonds. The van der Waals surface area contributed by atoms with Crippen LogP contribution in [0.25, 0.3) is 0 Å². The van der Waals surface area contributed by atoms with Crippen LogP contribution in [0.15, 0.2) is 54.6 Å². The van der Waals surface area contributed by atoms with Crippen molar-refractivity contribution in [1.29, 1.82) is 5.26 Å². The first-order chi connectivity index (χ1) is 12.5. The van der Waals surface area contributed by atoms with Crippen molar-refractivity contribution in [3.05, 3.63) is 76.6 Å². The van der Waals surface area contributed by atoms with E-state index >= 15 is 0 Å². The maximum Gasteiger partial charge on any atom is 0.274 e. The van der Waals surface area contributed by atoms with E-state index < -0.39 is 0 Å². The molecule has 0 radical (unpaired) electrons. The summed E-state index contributed by atoms with van der Waals surface area (Å²) >= 11 is 5.84. The lowest BCUT2D eigenvalue weighted by molar-refractivity contribution is 0.102. The normalized spacial score (nSPS) is 10.0. The van der Waals surface area contributed by atoms with E-state index in [-0.39, 0.29) is 17.5 Å². The van der Waals surface area contributed by atoms with Crippen LogP contribution in [0, 0.1) is 18.3 Å². The predicted octanol–water partition coefficient (Wildman–Crippen LogP) is 4.31. The van der Waals surface area contributed by atoms with Crippen LogP contribution in [0.4, 0.5) is 17.3 Å². The van der Waals surface area contributed by atoms with Crippen LogP contribution in [-0.4, -0.2) is 15.9 Å². The predicted molar refractivity (Wildman–Crippen MR) is 101 cm³/mol. The first-order valence-corrected chi connectivity index (χ1v) is 8.11. The third-order valence-corrected chi connectivity index (χ3v) is 3.69. The minimum Gasteiger partial charge on any atom is -0.324 e. The van der Waals surface area contributed by atoms with E-state index in [2.05, 4.69) is 26.7 Å². The first-order valence-electron chi connectivity index (χ1n) is 7.73. The standard InChI is InChI=1S/C19H14ClN5O/c1-12-9-17(18(26)23-15-7-5-14(20)6-8-15)25-19(22-12)24-16-4-2-3-13(10-16)11-21/h2-10H,1H3,(H,23,26)(H,22,24,25). The summed E-state index contributed by atoms with van der Waals surface area (Å²) in [4.78, 5) is 21.0. The largest absolute Gasteiger partial charge is 0.324 e. The fourth-order valence-electron chi connectivity index (χ4n) is 2.26. The average molecular weight is 364 g/mol. The van der Waals surface area contributed by atoms with Gasteiger partial charge in [-0.3, -0.25) is 4.79 Å². The van der Waals surface area contributed by atoms with E-state index in [4.69, 9.17) is 16.9 Å². The van der Waals surface area contributed by atoms with Gasteiger partial charge in [-0.2, -0.15) is 5.26 Å². The van der Waals surface area contributed by atoms with Crippen molar-refractivity contribution in [3.63, 3.8) is 0 Å². The molecule has 0 unspecified atom stereocenters. The topological polar surface area (TPSA) is 90.7 Å². The Kier molecular flexibility index (Phi) is 5.11. The van der Waals surface area contributed by atoms with E-state index in [1.807, 2.05) is 0 Å². The zero-order valence-electron chi connectivity index (χ0n) is 13.8. The lowest BCUT2D eigenvalue weighted by atomic mass is 10.2. The number of nitrogens with one attached hydrogen (secondary N) is 2. The summed E-state index contributed by atoms with van der Waals surface area (Å²) in [6.07, 6.45) is 0. The Balaban J connectivity index is 1.81. The molecule has 3 aromatic rings. The van der Waals surface area contributed by atoms with Crippen LogP contribution in [0.5, 0.6) is 0 Å². The van der Waals surface area contributed by atoms with Crippen molar-refractivity contribution < 1.29 is 4.79 Å². The number of aromatic nitrogens is 2. The third-order valence-electron chi connectivity index (χ3n) is 3.44. The number of aryl methyl sites for hydroxylation is 1. The monoisotopic (exact) mass is 363 g/mol. The van der Waals surface area contributed by atoms with E-state index in [0.717, 1.165) is 0 Å². The molecule has 3 rings (SSSR count). The van der Waals surface area contributed by atoms with Crippen molar-refractivity contribution in [2.24, 2.45) is 0 Å². The maximum atomic E-state index is 12.5. The molecule has 128 valence electrons. The zero-order chi connectivity index (χ0) is 18.5. The second kappa shape index (κ2) is 7.64. The molecule has 1 aromatic heterocycles. The van der Waals surface area contributed by atoms with Crippen molar-refractivity contribution in [3.8, 4) is 6.07 Å². The Morgan fingerprint density at radius 3 is 2.58 bits per heavy atom. The second-order valence-electron chi connectivity index (χ2n) is 5.50. The molecule has 0 fully saturated rings. The zero-order valence-corrected chi connectivity index (χ0v) is 14.6. The summed E-state index contributed by atoms with van der Waals surface area (Å²) in [6.45, 7) is 1.78. The van der Waals surface area contributed by atoms with E-state index in [9.17, 15) is 4.79 Å². The lowest BCUT2D eigenvalue weighted by Gasteiger charge is -2.09. The van der Waals surface area contributed by atoms with Gasteiger partial charge in [0.25, 0.3) is 5.91 Å². The van der Waals surface area contributed by atoms with E-state index in [1.165, 1.54) is 0 Å². The molecule has 0 bridgehead atoms. The van der Waals surface area contributed by atoms with Gasteiger partial charge in [0, 0.05) is 22.1 Å². The number of nitrogens with zero attached hydrogens (tertiary/aromatic N) is 3. The quantitative estimate of drug-likeness (QED) is 0.720. The summed E-state index contributed by atoms with van der Waals surface area (Å²) in [6, 6.07) is 17.4. The Hall–Kier alpha value is -3.43. The summed E-state index contributed by atoms with van der Waals surface area (Å²) in [5, 5.41) is 15.3. The second-order valence-corrected chi connectivity index (χ2v) is 5.93. The number of carbonyl (C=O) groups excluding carboxylic acids is 1. The van der Waals surface area contributed by atoms with Gasteiger partial charge in [-0.05, 0) is 55.5 Å². The van der Waals surface area contributed by atoms with Gasteiger partial charge in [0.05, 0.1) is 11.6 Å². The molecule has 1 heterocycles. The number of amides is 1. The Morgan fingerprint density at radius 2 is 1.85 bits per heavy atom. The number of benzene rings is 2. The van der Waals surface area contributed by atoms with E-state index in [1.54, 1.807) is 61.5 Å². The molecule has 26 heavy (non-hydrogen) atoms. The number of hydrogen-bond donors (Lipinski definition) is 2. The molecule has 2 aromatic carbocycles. The highest BCUT2D eigenvalue weighted by Crippen LogP contribution is 2.17. The molecule has 7 heteroatoms. The number of anilines is 3. The molecule has 0 atom stereocenters. The Morgan fingerprint density at radius 1 is 1.08 bits per heavy atom.